The first-order valence-corrected chi connectivity index (χ1v) is 10.6. The molecule has 1 unspecified atom stereocenters. The van der Waals surface area contributed by atoms with E-state index >= 15 is 0 Å². The lowest BCUT2D eigenvalue weighted by Gasteiger charge is -2.34. The van der Waals surface area contributed by atoms with Crippen LogP contribution in [0.5, 0.6) is 0 Å². The Bertz CT molecular complexity index is 1120. The summed E-state index contributed by atoms with van der Waals surface area (Å²) >= 11 is 0. The highest BCUT2D eigenvalue weighted by Gasteiger charge is 2.37. The second-order valence-electron chi connectivity index (χ2n) is 7.78. The van der Waals surface area contributed by atoms with Gasteiger partial charge in [-0.3, -0.25) is 4.79 Å². The third-order valence-corrected chi connectivity index (χ3v) is 5.13. The molecule has 196 valence electrons. The van der Waals surface area contributed by atoms with E-state index in [1.54, 1.807) is 16.9 Å². The Balaban J connectivity index is 1.45. The molecule has 10 nitrogen and oxygen atoms in total. The second-order valence-corrected chi connectivity index (χ2v) is 7.78. The Labute approximate surface area is 200 Å². The van der Waals surface area contributed by atoms with E-state index in [4.69, 9.17) is 0 Å². The molecule has 0 bridgehead atoms. The molecule has 2 aromatic heterocycles. The molecule has 1 aliphatic rings. The molecule has 36 heavy (non-hydrogen) atoms. The van der Waals surface area contributed by atoms with Crippen molar-refractivity contribution < 1.29 is 31.1 Å². The molecule has 0 saturated carbocycles. The van der Waals surface area contributed by atoms with Gasteiger partial charge >= 0.3 is 18.4 Å². The number of halogens is 6. The summed E-state index contributed by atoms with van der Waals surface area (Å²) in [5, 5.41) is 10.3. The normalized spacial score (nSPS) is 15.8. The number of anilines is 2. The molecule has 0 radical (unpaired) electrons. The van der Waals surface area contributed by atoms with Crippen LogP contribution >= 0.6 is 0 Å². The summed E-state index contributed by atoms with van der Waals surface area (Å²) in [7, 11) is 0. The molecule has 0 aromatic carbocycles. The molecule has 1 atom stereocenters. The van der Waals surface area contributed by atoms with Crippen molar-refractivity contribution in [2.24, 2.45) is 0 Å². The standard InChI is InChI=1S/C20H22F6N8O2/c1-12(31-14-11-30-32-16(35)15(14)20(24,25)26)3-2-4-27-18(36)34-7-5-33(6-8-34)17-28-9-13(10-29-17)19(21,22)23/h2-3,9-12H,4-8H2,1H3,(H,27,36)(H2,31,32,35)/b3-2+. The minimum absolute atomic E-state index is 0.0901. The number of urea groups is 1. The second kappa shape index (κ2) is 10.8. The van der Waals surface area contributed by atoms with Crippen molar-refractivity contribution in [2.45, 2.75) is 25.3 Å². The van der Waals surface area contributed by atoms with Gasteiger partial charge in [0.1, 0.15) is 5.56 Å². The predicted molar refractivity (Wildman–Crippen MR) is 116 cm³/mol. The van der Waals surface area contributed by atoms with Crippen molar-refractivity contribution in [3.8, 4) is 0 Å². The van der Waals surface area contributed by atoms with Gasteiger partial charge in [0, 0.05) is 51.2 Å². The Morgan fingerprint density at radius 1 is 1.08 bits per heavy atom. The molecule has 16 heteroatoms. The van der Waals surface area contributed by atoms with Crippen LogP contribution < -0.4 is 21.1 Å². The summed E-state index contributed by atoms with van der Waals surface area (Å²) in [6.45, 7) is 2.86. The van der Waals surface area contributed by atoms with E-state index in [0.29, 0.717) is 25.5 Å². The number of H-pyrrole nitrogens is 1. The zero-order chi connectivity index (χ0) is 26.5. The quantitative estimate of drug-likeness (QED) is 0.396. The Morgan fingerprint density at radius 2 is 1.72 bits per heavy atom. The number of aromatic amines is 1. The third kappa shape index (κ3) is 6.85. The molecule has 3 heterocycles. The molecule has 1 fully saturated rings. The lowest BCUT2D eigenvalue weighted by Crippen LogP contribution is -2.52. The number of hydrogen-bond donors (Lipinski definition) is 3. The van der Waals surface area contributed by atoms with Crippen LogP contribution in [0.1, 0.15) is 18.1 Å². The molecular formula is C20H22F6N8O2. The molecular weight excluding hydrogens is 498 g/mol. The highest BCUT2D eigenvalue weighted by atomic mass is 19.4. The molecule has 0 spiro atoms. The maximum absolute atomic E-state index is 13.1. The highest BCUT2D eigenvalue weighted by molar-refractivity contribution is 5.74. The molecule has 3 N–H and O–H groups in total. The molecule has 1 aliphatic heterocycles. The average Bonchev–Trinajstić information content (AvgIpc) is 2.80. The number of piperazine rings is 1. The number of amides is 2. The molecule has 1 saturated heterocycles. The van der Waals surface area contributed by atoms with Gasteiger partial charge in [-0.15, -0.1) is 0 Å². The molecule has 0 aliphatic carbocycles. The zero-order valence-corrected chi connectivity index (χ0v) is 18.8. The minimum atomic E-state index is -4.86. The number of carbonyl (C=O) groups excluding carboxylic acids is 1. The van der Waals surface area contributed by atoms with E-state index in [0.717, 1.165) is 6.20 Å². The largest absolute Gasteiger partial charge is 0.423 e. The van der Waals surface area contributed by atoms with Crippen molar-refractivity contribution in [1.29, 1.82) is 0 Å². The number of carbonyl (C=O) groups is 1. The van der Waals surface area contributed by atoms with Crippen molar-refractivity contribution >= 4 is 17.7 Å². The van der Waals surface area contributed by atoms with Crippen molar-refractivity contribution in [3.05, 3.63) is 52.2 Å². The first kappa shape index (κ1) is 26.7. The molecule has 2 aromatic rings. The van der Waals surface area contributed by atoms with Crippen molar-refractivity contribution in [2.75, 3.05) is 42.9 Å². The summed E-state index contributed by atoms with van der Waals surface area (Å²) in [5.41, 5.74) is -4.16. The van der Waals surface area contributed by atoms with Gasteiger partial charge in [0.15, 0.2) is 0 Å². The number of nitrogens with zero attached hydrogens (tertiary/aromatic N) is 5. The van der Waals surface area contributed by atoms with Gasteiger partial charge in [-0.2, -0.15) is 31.4 Å². The Morgan fingerprint density at radius 3 is 2.31 bits per heavy atom. The van der Waals surface area contributed by atoms with Gasteiger partial charge in [0.25, 0.3) is 5.56 Å². The topological polar surface area (TPSA) is 119 Å². The first-order valence-electron chi connectivity index (χ1n) is 10.6. The fraction of sp³-hybridized carbons (Fsp3) is 0.450. The van der Waals surface area contributed by atoms with Gasteiger partial charge < -0.3 is 20.4 Å². The average molecular weight is 520 g/mol. The predicted octanol–water partition coefficient (Wildman–Crippen LogP) is 2.49. The van der Waals surface area contributed by atoms with Gasteiger partial charge in [-0.25, -0.2) is 19.9 Å². The number of alkyl halides is 6. The fourth-order valence-electron chi connectivity index (χ4n) is 3.35. The third-order valence-electron chi connectivity index (χ3n) is 5.13. The van der Waals surface area contributed by atoms with E-state index in [9.17, 15) is 35.9 Å². The number of nitrogens with one attached hydrogen (secondary N) is 3. The van der Waals surface area contributed by atoms with E-state index in [1.807, 2.05) is 0 Å². The molecule has 3 rings (SSSR count). The first-order chi connectivity index (χ1) is 16.9. The van der Waals surface area contributed by atoms with Crippen LogP contribution in [0.4, 0.5) is 42.8 Å². The van der Waals surface area contributed by atoms with Gasteiger partial charge in [-0.05, 0) is 6.92 Å². The zero-order valence-electron chi connectivity index (χ0n) is 18.8. The van der Waals surface area contributed by atoms with E-state index in [1.165, 1.54) is 17.1 Å². The monoisotopic (exact) mass is 520 g/mol. The summed E-state index contributed by atoms with van der Waals surface area (Å²) in [6.07, 6.45) is -4.05. The summed E-state index contributed by atoms with van der Waals surface area (Å²) in [4.78, 5) is 34.5. The summed E-state index contributed by atoms with van der Waals surface area (Å²) in [6, 6.07) is -0.995. The van der Waals surface area contributed by atoms with Crippen molar-refractivity contribution in [3.63, 3.8) is 0 Å². The Hall–Kier alpha value is -3.85. The maximum Gasteiger partial charge on any atom is 0.423 e. The van der Waals surface area contributed by atoms with Crippen LogP contribution in [0.3, 0.4) is 0 Å². The van der Waals surface area contributed by atoms with Gasteiger partial charge in [0.2, 0.25) is 5.95 Å². The van der Waals surface area contributed by atoms with Crippen LogP contribution in [-0.4, -0.2) is 69.9 Å². The van der Waals surface area contributed by atoms with Crippen LogP contribution in [0.25, 0.3) is 0 Å². The summed E-state index contributed by atoms with van der Waals surface area (Å²) < 4.78 is 77.2. The summed E-state index contributed by atoms with van der Waals surface area (Å²) in [5.74, 6) is 0.136. The van der Waals surface area contributed by atoms with Gasteiger partial charge in [-0.1, -0.05) is 12.2 Å². The maximum atomic E-state index is 13.1. The number of rotatable bonds is 6. The van der Waals surface area contributed by atoms with Crippen LogP contribution in [0.15, 0.2) is 35.5 Å². The van der Waals surface area contributed by atoms with Crippen LogP contribution in [0.2, 0.25) is 0 Å². The number of aromatic nitrogens is 4. The number of hydrogen-bond acceptors (Lipinski definition) is 7. The highest BCUT2D eigenvalue weighted by Crippen LogP contribution is 2.31. The lowest BCUT2D eigenvalue weighted by atomic mass is 10.2. The SMILES string of the molecule is CC(/C=C/CNC(=O)N1CCN(c2ncc(C(F)(F)F)cn2)CC1)Nc1cn[nH]c(=O)c1C(F)(F)F. The van der Waals surface area contributed by atoms with E-state index in [2.05, 4.69) is 25.7 Å². The fourth-order valence-corrected chi connectivity index (χ4v) is 3.35. The van der Waals surface area contributed by atoms with E-state index < -0.39 is 40.8 Å². The molecule has 2 amide bonds. The van der Waals surface area contributed by atoms with Gasteiger partial charge in [0.05, 0.1) is 17.4 Å². The van der Waals surface area contributed by atoms with E-state index in [-0.39, 0.29) is 31.6 Å². The van der Waals surface area contributed by atoms with Crippen molar-refractivity contribution in [1.82, 2.24) is 30.4 Å². The lowest BCUT2D eigenvalue weighted by molar-refractivity contribution is -0.139. The van der Waals surface area contributed by atoms with Crippen LogP contribution in [0, 0.1) is 0 Å². The van der Waals surface area contributed by atoms with Crippen LogP contribution in [-0.2, 0) is 12.4 Å². The minimum Gasteiger partial charge on any atom is -0.377 e. The Kier molecular flexibility index (Phi) is 8.04. The smallest absolute Gasteiger partial charge is 0.377 e.